The van der Waals surface area contributed by atoms with Crippen molar-refractivity contribution in [2.75, 3.05) is 13.2 Å². The van der Waals surface area contributed by atoms with E-state index in [4.69, 9.17) is 16.3 Å². The molecule has 1 N–H and O–H groups in total. The lowest BCUT2D eigenvalue weighted by atomic mass is 10.0. The van der Waals surface area contributed by atoms with Gasteiger partial charge in [0.25, 0.3) is 0 Å². The number of nitrogens with one attached hydrogen (secondary N) is 1. The van der Waals surface area contributed by atoms with Gasteiger partial charge in [-0.1, -0.05) is 50.6 Å². The molecule has 0 saturated heterocycles. The molecule has 2 rings (SSSR count). The van der Waals surface area contributed by atoms with Crippen molar-refractivity contribution in [2.24, 2.45) is 0 Å². The van der Waals surface area contributed by atoms with Crippen molar-refractivity contribution in [2.45, 2.75) is 43.3 Å². The first-order valence-corrected chi connectivity index (χ1v) is 10.2. The highest BCUT2D eigenvalue weighted by atomic mass is 35.5. The van der Waals surface area contributed by atoms with Gasteiger partial charge in [-0.2, -0.15) is 0 Å². The number of ether oxygens (including phenoxy) is 1. The van der Waals surface area contributed by atoms with E-state index in [0.717, 1.165) is 17.1 Å². The van der Waals surface area contributed by atoms with Crippen molar-refractivity contribution >= 4 is 29.3 Å². The van der Waals surface area contributed by atoms with Gasteiger partial charge in [0.15, 0.2) is 0 Å². The summed E-state index contributed by atoms with van der Waals surface area (Å²) in [4.78, 5) is 13.5. The van der Waals surface area contributed by atoms with Gasteiger partial charge in [0.1, 0.15) is 12.4 Å². The number of carbonyl (C=O) groups is 1. The lowest BCUT2D eigenvalue weighted by molar-refractivity contribution is -0.120. The topological polar surface area (TPSA) is 38.3 Å². The van der Waals surface area contributed by atoms with Gasteiger partial charge in [0.2, 0.25) is 5.91 Å². The first-order valence-electron chi connectivity index (χ1n) is 8.93. The van der Waals surface area contributed by atoms with Crippen molar-refractivity contribution in [3.8, 4) is 5.75 Å². The van der Waals surface area contributed by atoms with Crippen LogP contribution in [0.5, 0.6) is 5.75 Å². The molecular weight excluding hydrogens is 366 g/mol. The Hall–Kier alpha value is -1.65. The number of thioether (sulfide) groups is 1. The smallest absolute Gasteiger partial charge is 0.233 e. The van der Waals surface area contributed by atoms with Crippen LogP contribution in [-0.2, 0) is 4.79 Å². The second kappa shape index (κ2) is 10.5. The zero-order valence-electron chi connectivity index (χ0n) is 15.5. The Morgan fingerprint density at radius 2 is 1.85 bits per heavy atom. The minimum Gasteiger partial charge on any atom is -0.491 e. The molecular formula is C21H26ClNO2S. The fraction of sp³-hybridized carbons (Fsp3) is 0.381. The van der Waals surface area contributed by atoms with Gasteiger partial charge in [-0.15, -0.1) is 11.8 Å². The van der Waals surface area contributed by atoms with Gasteiger partial charge in [-0.05, 0) is 48.2 Å². The number of hydrogen-bond acceptors (Lipinski definition) is 3. The Morgan fingerprint density at radius 3 is 2.50 bits per heavy atom. The molecule has 0 aliphatic rings. The minimum absolute atomic E-state index is 0.0354. The Morgan fingerprint density at radius 1 is 1.15 bits per heavy atom. The largest absolute Gasteiger partial charge is 0.491 e. The Labute approximate surface area is 165 Å². The second-order valence-electron chi connectivity index (χ2n) is 6.30. The van der Waals surface area contributed by atoms with E-state index in [1.54, 1.807) is 11.8 Å². The van der Waals surface area contributed by atoms with Crippen LogP contribution in [0, 0.1) is 0 Å². The molecule has 26 heavy (non-hydrogen) atoms. The molecule has 0 spiro atoms. The third kappa shape index (κ3) is 6.26. The zero-order valence-corrected chi connectivity index (χ0v) is 17.1. The maximum absolute atomic E-state index is 12.4. The predicted molar refractivity (Wildman–Crippen MR) is 110 cm³/mol. The maximum atomic E-state index is 12.4. The maximum Gasteiger partial charge on any atom is 0.233 e. The van der Waals surface area contributed by atoms with E-state index >= 15 is 0 Å². The van der Waals surface area contributed by atoms with Crippen LogP contribution in [0.4, 0.5) is 0 Å². The van der Waals surface area contributed by atoms with E-state index in [-0.39, 0.29) is 11.2 Å². The summed E-state index contributed by atoms with van der Waals surface area (Å²) in [5.41, 5.74) is 1.18. The molecule has 3 nitrogen and oxygen atoms in total. The van der Waals surface area contributed by atoms with Crippen molar-refractivity contribution < 1.29 is 9.53 Å². The number of para-hydroxylation sites is 1. The van der Waals surface area contributed by atoms with Crippen molar-refractivity contribution in [1.82, 2.24) is 5.32 Å². The average molecular weight is 392 g/mol. The molecule has 2 aromatic carbocycles. The molecule has 0 fully saturated rings. The fourth-order valence-corrected chi connectivity index (χ4v) is 3.64. The minimum atomic E-state index is -0.126. The van der Waals surface area contributed by atoms with Crippen molar-refractivity contribution in [3.63, 3.8) is 0 Å². The molecule has 0 heterocycles. The highest BCUT2D eigenvalue weighted by Gasteiger charge is 2.17. The third-order valence-corrected chi connectivity index (χ3v) is 5.58. The van der Waals surface area contributed by atoms with E-state index in [2.05, 4.69) is 25.2 Å². The van der Waals surface area contributed by atoms with E-state index < -0.39 is 0 Å². The molecule has 0 saturated carbocycles. The van der Waals surface area contributed by atoms with E-state index in [9.17, 15) is 4.79 Å². The monoisotopic (exact) mass is 391 g/mol. The number of carbonyl (C=O) groups excluding carboxylic acids is 1. The molecule has 0 aromatic heterocycles. The summed E-state index contributed by atoms with van der Waals surface area (Å²) >= 11 is 7.46. The van der Waals surface area contributed by atoms with Crippen molar-refractivity contribution in [3.05, 3.63) is 59.1 Å². The number of halogens is 1. The number of hydrogen-bond donors (Lipinski definition) is 1. The highest BCUT2D eigenvalue weighted by molar-refractivity contribution is 8.00. The molecule has 0 unspecified atom stereocenters. The summed E-state index contributed by atoms with van der Waals surface area (Å²) < 4.78 is 5.86. The molecule has 0 aliphatic carbocycles. The van der Waals surface area contributed by atoms with Crippen LogP contribution in [0.2, 0.25) is 5.02 Å². The van der Waals surface area contributed by atoms with Gasteiger partial charge in [0.05, 0.1) is 11.8 Å². The van der Waals surface area contributed by atoms with Crippen molar-refractivity contribution in [1.29, 1.82) is 0 Å². The lowest BCUT2D eigenvalue weighted by Crippen LogP contribution is -2.35. The molecule has 5 heteroatoms. The SMILES string of the molecule is CC[C@@H](Sc1ccc(Cl)cc1)C(=O)NCCOc1ccccc1C(C)C. The van der Waals surface area contributed by atoms with E-state index in [0.29, 0.717) is 24.1 Å². The first kappa shape index (κ1) is 20.7. The van der Waals surface area contributed by atoms with Crippen LogP contribution in [0.25, 0.3) is 0 Å². The van der Waals surface area contributed by atoms with Crippen LogP contribution in [0.1, 0.15) is 38.7 Å². The van der Waals surface area contributed by atoms with Crippen LogP contribution in [-0.4, -0.2) is 24.3 Å². The van der Waals surface area contributed by atoms with E-state index in [1.165, 1.54) is 5.56 Å². The summed E-state index contributed by atoms with van der Waals surface area (Å²) in [6.45, 7) is 7.25. The Bertz CT molecular complexity index is 703. The van der Waals surface area contributed by atoms with Gasteiger partial charge >= 0.3 is 0 Å². The van der Waals surface area contributed by atoms with Gasteiger partial charge in [0, 0.05) is 9.92 Å². The molecule has 140 valence electrons. The first-order chi connectivity index (χ1) is 12.5. The molecule has 0 bridgehead atoms. The Balaban J connectivity index is 1.81. The normalized spacial score (nSPS) is 12.0. The fourth-order valence-electron chi connectivity index (χ4n) is 2.54. The number of amides is 1. The summed E-state index contributed by atoms with van der Waals surface area (Å²) in [5.74, 6) is 1.33. The molecule has 0 aliphatic heterocycles. The summed E-state index contributed by atoms with van der Waals surface area (Å²) in [6.07, 6.45) is 0.760. The Kier molecular flexibility index (Phi) is 8.33. The molecule has 1 amide bonds. The summed E-state index contributed by atoms with van der Waals surface area (Å²) in [5, 5.41) is 3.55. The van der Waals surface area contributed by atoms with Crippen LogP contribution in [0.15, 0.2) is 53.4 Å². The van der Waals surface area contributed by atoms with Crippen LogP contribution in [0.3, 0.4) is 0 Å². The predicted octanol–water partition coefficient (Wildman–Crippen LogP) is 5.53. The second-order valence-corrected chi connectivity index (χ2v) is 8.01. The summed E-state index contributed by atoms with van der Waals surface area (Å²) in [7, 11) is 0. The molecule has 1 atom stereocenters. The quantitative estimate of drug-likeness (QED) is 0.451. The van der Waals surface area contributed by atoms with Crippen LogP contribution < -0.4 is 10.1 Å². The zero-order chi connectivity index (χ0) is 18.9. The van der Waals surface area contributed by atoms with Gasteiger partial charge in [-0.3, -0.25) is 4.79 Å². The van der Waals surface area contributed by atoms with Gasteiger partial charge < -0.3 is 10.1 Å². The number of rotatable bonds is 9. The van der Waals surface area contributed by atoms with Crippen LogP contribution >= 0.6 is 23.4 Å². The highest BCUT2D eigenvalue weighted by Crippen LogP contribution is 2.27. The standard InChI is InChI=1S/C21H26ClNO2S/c1-4-20(26-17-11-9-16(22)10-12-17)21(24)23-13-14-25-19-8-6-5-7-18(19)15(2)3/h5-12,15,20H,4,13-14H2,1-3H3,(H,23,24)/t20-/m1/s1. The average Bonchev–Trinajstić information content (AvgIpc) is 2.64. The number of benzene rings is 2. The summed E-state index contributed by atoms with van der Waals surface area (Å²) in [6, 6.07) is 15.6. The third-order valence-electron chi connectivity index (χ3n) is 3.96. The lowest BCUT2D eigenvalue weighted by Gasteiger charge is -2.16. The van der Waals surface area contributed by atoms with Gasteiger partial charge in [-0.25, -0.2) is 0 Å². The van der Waals surface area contributed by atoms with E-state index in [1.807, 2.05) is 49.4 Å². The molecule has 0 radical (unpaired) electrons. The molecule has 2 aromatic rings.